The minimum absolute atomic E-state index is 0.0590. The molecule has 20 nitrogen and oxygen atoms in total. The van der Waals surface area contributed by atoms with Crippen molar-refractivity contribution in [2.45, 2.75) is 30.7 Å². The van der Waals surface area contributed by atoms with Gasteiger partial charge in [0.2, 0.25) is 11.8 Å². The molecule has 4 amide bonds. The maximum atomic E-state index is 13.2. The Kier molecular flexibility index (Phi) is 24.8. The molecule has 1 atom stereocenters. The van der Waals surface area contributed by atoms with Crippen molar-refractivity contribution in [2.24, 2.45) is 0 Å². The van der Waals surface area contributed by atoms with Gasteiger partial charge in [0.25, 0.3) is 21.9 Å². The number of piperidine rings is 1. The monoisotopic (exact) mass is 911 g/mol. The first kappa shape index (κ1) is 51.7. The van der Waals surface area contributed by atoms with E-state index >= 15 is 0 Å². The Labute approximate surface area is 368 Å². The Morgan fingerprint density at radius 3 is 1.44 bits per heavy atom. The van der Waals surface area contributed by atoms with Crippen molar-refractivity contribution in [2.75, 3.05) is 151 Å². The van der Waals surface area contributed by atoms with Crippen molar-refractivity contribution < 1.29 is 79.1 Å². The molecule has 2 aliphatic heterocycles. The summed E-state index contributed by atoms with van der Waals surface area (Å²) < 4.78 is 84.0. The predicted molar refractivity (Wildman–Crippen MR) is 224 cm³/mol. The fourth-order valence-electron chi connectivity index (χ4n) is 5.98. The number of rotatable bonds is 37. The number of carbonyl (C=O) groups excluding carboxylic acids is 4. The molecule has 0 spiro atoms. The van der Waals surface area contributed by atoms with Gasteiger partial charge in [0.05, 0.1) is 155 Å². The number of hydrogen-bond donors (Lipinski definition) is 2. The van der Waals surface area contributed by atoms with Gasteiger partial charge >= 0.3 is 0 Å². The van der Waals surface area contributed by atoms with Crippen LogP contribution < -0.4 is 10.6 Å². The molecule has 2 heterocycles. The quantitative estimate of drug-likeness (QED) is 0.0554. The number of aryl methyl sites for hydroxylation is 1. The highest BCUT2D eigenvalue weighted by atomic mass is 32.2. The molecule has 1 saturated heterocycles. The van der Waals surface area contributed by atoms with Gasteiger partial charge in [-0.2, -0.15) is 8.42 Å². The number of amides is 4. The Bertz CT molecular complexity index is 1780. The van der Waals surface area contributed by atoms with E-state index in [0.29, 0.717) is 138 Å². The van der Waals surface area contributed by atoms with Crippen LogP contribution in [0.15, 0.2) is 47.4 Å². The van der Waals surface area contributed by atoms with E-state index in [2.05, 4.69) is 10.6 Å². The molecule has 2 aliphatic rings. The number of nitrogens with one attached hydrogen (secondary N) is 2. The van der Waals surface area contributed by atoms with Gasteiger partial charge in [-0.25, -0.2) is 0 Å². The highest BCUT2D eigenvalue weighted by Crippen LogP contribution is 2.32. The van der Waals surface area contributed by atoms with E-state index < -0.39 is 39.8 Å². The molecule has 1 fully saturated rings. The largest absolute Gasteiger partial charge is 0.382 e. The first-order valence-corrected chi connectivity index (χ1v) is 22.4. The molecule has 0 radical (unpaired) electrons. The lowest BCUT2D eigenvalue weighted by Gasteiger charge is -2.27. The molecule has 352 valence electrons. The zero-order valence-electron chi connectivity index (χ0n) is 35.9. The third kappa shape index (κ3) is 19.4. The van der Waals surface area contributed by atoms with Crippen molar-refractivity contribution in [3.63, 3.8) is 0 Å². The average molecular weight is 912 g/mol. The molecule has 63 heavy (non-hydrogen) atoms. The number of ether oxygens (including phenoxy) is 10. The van der Waals surface area contributed by atoms with Gasteiger partial charge in [0.15, 0.2) is 0 Å². The fourth-order valence-corrected chi connectivity index (χ4v) is 6.87. The number of benzene rings is 2. The number of carbonyl (C=O) groups is 4. The average Bonchev–Trinajstić information content (AvgIpc) is 3.52. The molecular weight excluding hydrogens is 851 g/mol. The maximum absolute atomic E-state index is 13.2. The summed E-state index contributed by atoms with van der Waals surface area (Å²) in [6.45, 7) is 10.1. The molecule has 0 aromatic heterocycles. The van der Waals surface area contributed by atoms with Crippen LogP contribution in [-0.4, -0.2) is 188 Å². The SMILES string of the molecule is Cc1ccc(S(=O)(=O)OCCOCCOCCOCCOCCOCCOCCOCCOCCOCCOCCNc2cccc3c2C(=O)N(C2CCC(=O)NC2=O)C3=O)cc1. The summed E-state index contributed by atoms with van der Waals surface area (Å²) in [6, 6.07) is 10.3. The van der Waals surface area contributed by atoms with E-state index in [-0.39, 0.29) is 42.1 Å². The van der Waals surface area contributed by atoms with Crippen LogP contribution in [0.3, 0.4) is 0 Å². The third-order valence-electron chi connectivity index (χ3n) is 9.15. The Morgan fingerprint density at radius 2 is 1.00 bits per heavy atom. The number of nitrogens with zero attached hydrogens (tertiary/aromatic N) is 1. The van der Waals surface area contributed by atoms with Crippen LogP contribution in [0.5, 0.6) is 0 Å². The minimum Gasteiger partial charge on any atom is -0.382 e. The van der Waals surface area contributed by atoms with E-state index in [4.69, 9.17) is 51.6 Å². The van der Waals surface area contributed by atoms with Crippen LogP contribution >= 0.6 is 0 Å². The Hall–Kier alpha value is -3.97. The Balaban J connectivity index is 0.815. The van der Waals surface area contributed by atoms with E-state index in [1.807, 2.05) is 6.92 Å². The lowest BCUT2D eigenvalue weighted by Crippen LogP contribution is -2.54. The number of hydrogen-bond acceptors (Lipinski definition) is 18. The molecule has 0 saturated carbocycles. The molecule has 0 aliphatic carbocycles. The van der Waals surface area contributed by atoms with E-state index in [1.54, 1.807) is 30.3 Å². The van der Waals surface area contributed by atoms with Crippen LogP contribution in [-0.2, 0) is 71.3 Å². The lowest BCUT2D eigenvalue weighted by atomic mass is 10.0. The molecule has 0 bridgehead atoms. The first-order valence-electron chi connectivity index (χ1n) is 21.0. The second-order valence-corrected chi connectivity index (χ2v) is 15.4. The normalized spacial score (nSPS) is 15.3. The standard InChI is InChI=1S/C42H61N3O17S/c1-33-5-7-34(8-6-33)63(50,51)62-32-31-61-30-29-60-28-27-59-26-25-58-24-23-57-22-21-56-20-19-55-18-17-54-16-15-53-14-13-52-12-11-43-36-4-2-3-35-39(36)42(49)45(41(35)48)37-9-10-38(46)44-40(37)47/h2-8,37,43H,9-32H2,1H3,(H,44,46,47). The van der Waals surface area contributed by atoms with E-state index in [0.717, 1.165) is 10.5 Å². The van der Waals surface area contributed by atoms with E-state index in [9.17, 15) is 27.6 Å². The smallest absolute Gasteiger partial charge is 0.297 e. The van der Waals surface area contributed by atoms with Crippen LogP contribution in [0.4, 0.5) is 5.69 Å². The summed E-state index contributed by atoms with van der Waals surface area (Å²) in [5, 5.41) is 5.32. The zero-order chi connectivity index (χ0) is 45.0. The highest BCUT2D eigenvalue weighted by molar-refractivity contribution is 7.86. The molecule has 2 N–H and O–H groups in total. The van der Waals surface area contributed by atoms with Gasteiger partial charge in [-0.3, -0.25) is 33.6 Å². The van der Waals surface area contributed by atoms with Gasteiger partial charge in [0, 0.05) is 18.7 Å². The van der Waals surface area contributed by atoms with Crippen molar-refractivity contribution in [1.29, 1.82) is 0 Å². The minimum atomic E-state index is -3.79. The second kappa shape index (κ2) is 30.2. The van der Waals surface area contributed by atoms with Crippen molar-refractivity contribution in [3.8, 4) is 0 Å². The third-order valence-corrected chi connectivity index (χ3v) is 10.5. The highest BCUT2D eigenvalue weighted by Gasteiger charge is 2.45. The summed E-state index contributed by atoms with van der Waals surface area (Å²) in [5.74, 6) is -2.19. The summed E-state index contributed by atoms with van der Waals surface area (Å²) in [4.78, 5) is 51.0. The molecule has 21 heteroatoms. The second-order valence-electron chi connectivity index (χ2n) is 13.8. The van der Waals surface area contributed by atoms with Gasteiger partial charge in [-0.1, -0.05) is 23.8 Å². The maximum Gasteiger partial charge on any atom is 0.297 e. The van der Waals surface area contributed by atoms with Gasteiger partial charge in [0.1, 0.15) is 6.04 Å². The zero-order valence-corrected chi connectivity index (χ0v) is 36.7. The van der Waals surface area contributed by atoms with Crippen LogP contribution in [0.2, 0.25) is 0 Å². The number of anilines is 1. The van der Waals surface area contributed by atoms with Crippen LogP contribution in [0.1, 0.15) is 39.1 Å². The van der Waals surface area contributed by atoms with Crippen LogP contribution in [0, 0.1) is 6.92 Å². The Morgan fingerprint density at radius 1 is 0.571 bits per heavy atom. The molecule has 2 aromatic carbocycles. The summed E-state index contributed by atoms with van der Waals surface area (Å²) in [6.07, 6.45) is 0.156. The summed E-state index contributed by atoms with van der Waals surface area (Å²) in [7, 11) is -3.79. The van der Waals surface area contributed by atoms with Crippen molar-refractivity contribution >= 4 is 39.4 Å². The summed E-state index contributed by atoms with van der Waals surface area (Å²) in [5.41, 5.74) is 1.85. The van der Waals surface area contributed by atoms with Gasteiger partial charge in [-0.15, -0.1) is 0 Å². The molecule has 4 rings (SSSR count). The topological polar surface area (TPSA) is 231 Å². The molecular formula is C42H61N3O17S. The predicted octanol–water partition coefficient (Wildman–Crippen LogP) is 1.38. The van der Waals surface area contributed by atoms with Crippen molar-refractivity contribution in [1.82, 2.24) is 10.2 Å². The van der Waals surface area contributed by atoms with Gasteiger partial charge in [-0.05, 0) is 37.6 Å². The lowest BCUT2D eigenvalue weighted by molar-refractivity contribution is -0.136. The van der Waals surface area contributed by atoms with Crippen molar-refractivity contribution in [3.05, 3.63) is 59.2 Å². The number of imide groups is 2. The van der Waals surface area contributed by atoms with E-state index in [1.165, 1.54) is 12.1 Å². The number of fused-ring (bicyclic) bond motifs is 1. The molecule has 2 aromatic rings. The molecule has 1 unspecified atom stereocenters. The van der Waals surface area contributed by atoms with Crippen LogP contribution in [0.25, 0.3) is 0 Å². The van der Waals surface area contributed by atoms with Gasteiger partial charge < -0.3 is 52.7 Å². The fraction of sp³-hybridized carbons (Fsp3) is 0.619. The summed E-state index contributed by atoms with van der Waals surface area (Å²) >= 11 is 0. The first-order chi connectivity index (χ1) is 30.7.